The minimum absolute atomic E-state index is 0.128. The van der Waals surface area contributed by atoms with Crippen LogP contribution in [-0.4, -0.2) is 66.0 Å². The Morgan fingerprint density at radius 1 is 1.05 bits per heavy atom. The summed E-state index contributed by atoms with van der Waals surface area (Å²) in [6.45, 7) is 6.44. The van der Waals surface area contributed by atoms with Gasteiger partial charge in [0.15, 0.2) is 0 Å². The highest BCUT2D eigenvalue weighted by Gasteiger charge is 2.46. The van der Waals surface area contributed by atoms with Gasteiger partial charge in [0.25, 0.3) is 11.7 Å². The van der Waals surface area contributed by atoms with Gasteiger partial charge < -0.3 is 19.5 Å². The van der Waals surface area contributed by atoms with E-state index in [1.807, 2.05) is 42.6 Å². The van der Waals surface area contributed by atoms with Crippen LogP contribution in [0.4, 0.5) is 0 Å². The number of aryl methyl sites for hydroxylation is 1. The SMILES string of the molecule is Cc1cccc(COc2ccc(C(O)=C3C(=O)C(=O)N(CCN4CCOCC4)[C@H]3c3cccs3)cc2)c1. The first kappa shape index (κ1) is 25.2. The molecule has 0 saturated carbocycles. The molecule has 0 spiro atoms. The molecule has 3 aromatic rings. The van der Waals surface area contributed by atoms with Crippen molar-refractivity contribution < 1.29 is 24.2 Å². The zero-order valence-electron chi connectivity index (χ0n) is 20.8. The lowest BCUT2D eigenvalue weighted by molar-refractivity contribution is -0.140. The minimum Gasteiger partial charge on any atom is -0.507 e. The van der Waals surface area contributed by atoms with Gasteiger partial charge in [0.2, 0.25) is 0 Å². The monoisotopic (exact) mass is 518 g/mol. The van der Waals surface area contributed by atoms with E-state index >= 15 is 0 Å². The van der Waals surface area contributed by atoms with Crippen LogP contribution in [0.3, 0.4) is 0 Å². The molecule has 8 heteroatoms. The van der Waals surface area contributed by atoms with E-state index in [0.717, 1.165) is 23.5 Å². The van der Waals surface area contributed by atoms with Crippen LogP contribution in [0, 0.1) is 6.92 Å². The van der Waals surface area contributed by atoms with Gasteiger partial charge >= 0.3 is 0 Å². The number of carbonyl (C=O) groups excluding carboxylic acids is 2. The average molecular weight is 519 g/mol. The van der Waals surface area contributed by atoms with Crippen molar-refractivity contribution in [1.29, 1.82) is 0 Å². The van der Waals surface area contributed by atoms with Crippen molar-refractivity contribution in [1.82, 2.24) is 9.80 Å². The lowest BCUT2D eigenvalue weighted by Crippen LogP contribution is -2.42. The largest absolute Gasteiger partial charge is 0.507 e. The summed E-state index contributed by atoms with van der Waals surface area (Å²) in [4.78, 5) is 30.9. The zero-order valence-corrected chi connectivity index (χ0v) is 21.6. The van der Waals surface area contributed by atoms with Crippen LogP contribution in [-0.2, 0) is 20.9 Å². The van der Waals surface area contributed by atoms with Crippen LogP contribution in [0.25, 0.3) is 5.76 Å². The summed E-state index contributed by atoms with van der Waals surface area (Å²) in [6, 6.07) is 18.3. The number of aliphatic hydroxyl groups is 1. The molecule has 0 unspecified atom stereocenters. The second-order valence-corrected chi connectivity index (χ2v) is 10.2. The number of ether oxygens (including phenoxy) is 2. The molecule has 0 aliphatic carbocycles. The maximum absolute atomic E-state index is 13.2. The Morgan fingerprint density at radius 3 is 2.54 bits per heavy atom. The average Bonchev–Trinajstić information content (AvgIpc) is 3.54. The molecule has 37 heavy (non-hydrogen) atoms. The number of nitrogens with zero attached hydrogens (tertiary/aromatic N) is 2. The van der Waals surface area contributed by atoms with Crippen LogP contribution >= 0.6 is 11.3 Å². The second kappa shape index (κ2) is 11.3. The predicted octanol–water partition coefficient (Wildman–Crippen LogP) is 4.39. The van der Waals surface area contributed by atoms with Crippen molar-refractivity contribution in [2.45, 2.75) is 19.6 Å². The van der Waals surface area contributed by atoms with E-state index in [0.29, 0.717) is 44.2 Å². The number of Topliss-reactive ketones (excluding diaryl/α,β-unsaturated/α-hetero) is 1. The van der Waals surface area contributed by atoms with Gasteiger partial charge in [-0.2, -0.15) is 0 Å². The number of amides is 1. The van der Waals surface area contributed by atoms with Crippen molar-refractivity contribution in [3.8, 4) is 5.75 Å². The topological polar surface area (TPSA) is 79.3 Å². The van der Waals surface area contributed by atoms with Gasteiger partial charge in [-0.3, -0.25) is 14.5 Å². The predicted molar refractivity (Wildman–Crippen MR) is 143 cm³/mol. The van der Waals surface area contributed by atoms with Crippen LogP contribution in [0.5, 0.6) is 5.75 Å². The van der Waals surface area contributed by atoms with Gasteiger partial charge in [-0.1, -0.05) is 35.9 Å². The number of benzene rings is 2. The molecule has 0 radical (unpaired) electrons. The second-order valence-electron chi connectivity index (χ2n) is 9.26. The molecule has 2 aliphatic rings. The standard InChI is InChI=1S/C29H30N2O5S/c1-20-4-2-5-21(18-20)19-36-23-9-7-22(8-10-23)27(32)25-26(24-6-3-17-37-24)31(29(34)28(25)33)12-11-30-13-15-35-16-14-30/h2-10,17-18,26,32H,11-16,19H2,1H3/t26-/m0/s1. The van der Waals surface area contributed by atoms with Gasteiger partial charge in [0.05, 0.1) is 24.8 Å². The number of aliphatic hydroxyl groups excluding tert-OH is 1. The highest BCUT2D eigenvalue weighted by Crippen LogP contribution is 2.41. The van der Waals surface area contributed by atoms with Crippen molar-refractivity contribution in [3.63, 3.8) is 0 Å². The molecule has 1 atom stereocenters. The summed E-state index contributed by atoms with van der Waals surface area (Å²) in [5.74, 6) is -0.751. The Bertz CT molecular complexity index is 1280. The van der Waals surface area contributed by atoms with Crippen LogP contribution in [0.2, 0.25) is 0 Å². The van der Waals surface area contributed by atoms with Crippen LogP contribution in [0.1, 0.15) is 27.6 Å². The molecule has 5 rings (SSSR count). The molecule has 1 amide bonds. The number of thiophene rings is 1. The van der Waals surface area contributed by atoms with Crippen molar-refractivity contribution in [2.24, 2.45) is 0 Å². The van der Waals surface area contributed by atoms with E-state index < -0.39 is 17.7 Å². The maximum Gasteiger partial charge on any atom is 0.295 e. The van der Waals surface area contributed by atoms with Crippen molar-refractivity contribution in [2.75, 3.05) is 39.4 Å². The Balaban J connectivity index is 1.37. The van der Waals surface area contributed by atoms with Crippen molar-refractivity contribution >= 4 is 28.8 Å². The zero-order chi connectivity index (χ0) is 25.8. The number of hydrogen-bond acceptors (Lipinski definition) is 7. The highest BCUT2D eigenvalue weighted by molar-refractivity contribution is 7.10. The fraction of sp³-hybridized carbons (Fsp3) is 0.310. The first-order valence-electron chi connectivity index (χ1n) is 12.4. The number of hydrogen-bond donors (Lipinski definition) is 1. The van der Waals surface area contributed by atoms with E-state index in [-0.39, 0.29) is 11.3 Å². The van der Waals surface area contributed by atoms with Crippen LogP contribution in [0.15, 0.2) is 71.6 Å². The number of ketones is 1. The van der Waals surface area contributed by atoms with Gasteiger partial charge in [-0.05, 0) is 48.2 Å². The quantitative estimate of drug-likeness (QED) is 0.271. The highest BCUT2D eigenvalue weighted by atomic mass is 32.1. The Hall–Kier alpha value is -3.46. The molecule has 3 heterocycles. The Kier molecular flexibility index (Phi) is 7.69. The Labute approximate surface area is 220 Å². The molecule has 7 nitrogen and oxygen atoms in total. The fourth-order valence-electron chi connectivity index (χ4n) is 4.76. The normalized spacial score (nSPS) is 19.9. The van der Waals surface area contributed by atoms with Gasteiger partial charge in [0.1, 0.15) is 18.1 Å². The number of rotatable bonds is 8. The fourth-order valence-corrected chi connectivity index (χ4v) is 5.61. The molecule has 0 bridgehead atoms. The minimum atomic E-state index is -0.655. The summed E-state index contributed by atoms with van der Waals surface area (Å²) < 4.78 is 11.3. The summed E-state index contributed by atoms with van der Waals surface area (Å²) in [7, 11) is 0. The lowest BCUT2D eigenvalue weighted by atomic mass is 10.00. The molecule has 2 aliphatic heterocycles. The summed E-state index contributed by atoms with van der Waals surface area (Å²) >= 11 is 1.47. The molecular formula is C29H30N2O5S. The lowest BCUT2D eigenvalue weighted by Gasteiger charge is -2.30. The number of morpholine rings is 1. The number of likely N-dealkylation sites (tertiary alicyclic amines) is 1. The smallest absolute Gasteiger partial charge is 0.295 e. The third kappa shape index (κ3) is 5.61. The molecule has 2 aromatic carbocycles. The third-order valence-corrected chi connectivity index (χ3v) is 7.65. The molecule has 2 fully saturated rings. The molecule has 2 saturated heterocycles. The van der Waals surface area contributed by atoms with Crippen LogP contribution < -0.4 is 4.74 Å². The van der Waals surface area contributed by atoms with E-state index in [9.17, 15) is 14.7 Å². The van der Waals surface area contributed by atoms with E-state index in [2.05, 4.69) is 11.0 Å². The van der Waals surface area contributed by atoms with Gasteiger partial charge in [-0.15, -0.1) is 11.3 Å². The summed E-state index contributed by atoms with van der Waals surface area (Å²) in [5, 5.41) is 13.2. The van der Waals surface area contributed by atoms with Gasteiger partial charge in [-0.25, -0.2) is 0 Å². The third-order valence-electron chi connectivity index (χ3n) is 6.73. The maximum atomic E-state index is 13.2. The van der Waals surface area contributed by atoms with E-state index in [1.165, 1.54) is 16.9 Å². The van der Waals surface area contributed by atoms with Gasteiger partial charge in [0, 0.05) is 36.6 Å². The molecule has 1 N–H and O–H groups in total. The molecule has 1 aromatic heterocycles. The first-order chi connectivity index (χ1) is 18.0. The summed E-state index contributed by atoms with van der Waals surface area (Å²) in [5.41, 5.74) is 2.83. The molecular weight excluding hydrogens is 488 g/mol. The first-order valence-corrected chi connectivity index (χ1v) is 13.3. The Morgan fingerprint density at radius 2 is 1.84 bits per heavy atom. The van der Waals surface area contributed by atoms with E-state index in [1.54, 1.807) is 29.2 Å². The summed E-state index contributed by atoms with van der Waals surface area (Å²) in [6.07, 6.45) is 0. The van der Waals surface area contributed by atoms with Crippen molar-refractivity contribution in [3.05, 3.63) is 93.2 Å². The molecule has 192 valence electrons. The number of carbonyl (C=O) groups is 2. The van der Waals surface area contributed by atoms with E-state index in [4.69, 9.17) is 9.47 Å².